The first kappa shape index (κ1) is 12.5. The van der Waals surface area contributed by atoms with Crippen LogP contribution in [0.2, 0.25) is 0 Å². The number of benzene rings is 1. The molecule has 96 valence electrons. The zero-order valence-electron chi connectivity index (χ0n) is 9.50. The summed E-state index contributed by atoms with van der Waals surface area (Å²) in [5.41, 5.74) is 6.02. The first-order chi connectivity index (χ1) is 8.58. The number of anilines is 1. The fourth-order valence-corrected chi connectivity index (χ4v) is 2.42. The molecule has 0 saturated carbocycles. The van der Waals surface area contributed by atoms with Gasteiger partial charge in [-0.05, 0) is 24.3 Å². The van der Waals surface area contributed by atoms with Gasteiger partial charge in [0.15, 0.2) is 0 Å². The van der Waals surface area contributed by atoms with E-state index < -0.39 is 10.0 Å². The number of H-pyrrole nitrogens is 1. The number of aromatic amines is 1. The van der Waals surface area contributed by atoms with E-state index in [0.717, 1.165) is 0 Å². The Hall–Kier alpha value is -1.93. The van der Waals surface area contributed by atoms with Gasteiger partial charge in [-0.3, -0.25) is 5.10 Å². The number of nitrogens with zero attached hydrogens (tertiary/aromatic N) is 2. The first-order valence-electron chi connectivity index (χ1n) is 5.27. The van der Waals surface area contributed by atoms with Crippen LogP contribution in [0.3, 0.4) is 0 Å². The molecular weight excluding hydrogens is 254 g/mol. The number of rotatable bonds is 5. The Morgan fingerprint density at radius 3 is 2.61 bits per heavy atom. The molecule has 8 heteroatoms. The SMILES string of the molecule is Nc1ccc(S(=O)(=O)NCCc2ncn[nH]2)cc1. The van der Waals surface area contributed by atoms with E-state index in [1.165, 1.54) is 18.5 Å². The second-order valence-electron chi connectivity index (χ2n) is 3.65. The van der Waals surface area contributed by atoms with Gasteiger partial charge in [0, 0.05) is 18.7 Å². The molecule has 0 amide bonds. The number of nitrogen functional groups attached to an aromatic ring is 1. The van der Waals surface area contributed by atoms with Gasteiger partial charge in [0.25, 0.3) is 0 Å². The van der Waals surface area contributed by atoms with Crippen molar-refractivity contribution in [1.29, 1.82) is 0 Å². The topological polar surface area (TPSA) is 114 Å². The summed E-state index contributed by atoms with van der Waals surface area (Å²) in [6.07, 6.45) is 1.83. The van der Waals surface area contributed by atoms with Crippen LogP contribution < -0.4 is 10.5 Å². The van der Waals surface area contributed by atoms with Crippen LogP contribution in [0.5, 0.6) is 0 Å². The van der Waals surface area contributed by atoms with Gasteiger partial charge in [-0.1, -0.05) is 0 Å². The maximum absolute atomic E-state index is 11.9. The molecule has 2 aromatic rings. The van der Waals surface area contributed by atoms with Gasteiger partial charge >= 0.3 is 0 Å². The van der Waals surface area contributed by atoms with E-state index in [4.69, 9.17) is 5.73 Å². The molecule has 0 saturated heterocycles. The highest BCUT2D eigenvalue weighted by molar-refractivity contribution is 7.89. The second-order valence-corrected chi connectivity index (χ2v) is 5.42. The fourth-order valence-electron chi connectivity index (χ4n) is 1.39. The predicted octanol–water partition coefficient (Wildman–Crippen LogP) is -0.0921. The van der Waals surface area contributed by atoms with Crippen molar-refractivity contribution in [2.75, 3.05) is 12.3 Å². The molecule has 0 bridgehead atoms. The van der Waals surface area contributed by atoms with Gasteiger partial charge < -0.3 is 5.73 Å². The highest BCUT2D eigenvalue weighted by Gasteiger charge is 2.12. The lowest BCUT2D eigenvalue weighted by Gasteiger charge is -2.05. The predicted molar refractivity (Wildman–Crippen MR) is 66.1 cm³/mol. The van der Waals surface area contributed by atoms with Crippen molar-refractivity contribution in [2.45, 2.75) is 11.3 Å². The smallest absolute Gasteiger partial charge is 0.240 e. The number of sulfonamides is 1. The minimum atomic E-state index is -3.50. The van der Waals surface area contributed by atoms with Crippen molar-refractivity contribution >= 4 is 15.7 Å². The summed E-state index contributed by atoms with van der Waals surface area (Å²) in [4.78, 5) is 4.09. The summed E-state index contributed by atoms with van der Waals surface area (Å²) >= 11 is 0. The van der Waals surface area contributed by atoms with E-state index in [1.54, 1.807) is 12.1 Å². The summed E-state index contributed by atoms with van der Waals surface area (Å²) in [7, 11) is -3.50. The van der Waals surface area contributed by atoms with Crippen LogP contribution in [-0.2, 0) is 16.4 Å². The molecular formula is C10H13N5O2S. The zero-order chi connectivity index (χ0) is 13.0. The number of aromatic nitrogens is 3. The molecule has 0 fully saturated rings. The lowest BCUT2D eigenvalue weighted by Crippen LogP contribution is -2.26. The fraction of sp³-hybridized carbons (Fsp3) is 0.200. The Morgan fingerprint density at radius 2 is 2.00 bits per heavy atom. The number of hydrogen-bond donors (Lipinski definition) is 3. The standard InChI is InChI=1S/C10H13N5O2S/c11-8-1-3-9(4-2-8)18(16,17)14-6-5-10-12-7-13-15-10/h1-4,7,14H,5-6,11H2,(H,12,13,15). The number of nitrogens with one attached hydrogen (secondary N) is 2. The molecule has 0 aliphatic heterocycles. The number of nitrogens with two attached hydrogens (primary N) is 1. The van der Waals surface area contributed by atoms with Crippen LogP contribution in [0.1, 0.15) is 5.82 Å². The monoisotopic (exact) mass is 267 g/mol. The second kappa shape index (κ2) is 5.15. The molecule has 7 nitrogen and oxygen atoms in total. The maximum Gasteiger partial charge on any atom is 0.240 e. The van der Waals surface area contributed by atoms with E-state index in [-0.39, 0.29) is 11.4 Å². The molecule has 18 heavy (non-hydrogen) atoms. The zero-order valence-corrected chi connectivity index (χ0v) is 10.3. The van der Waals surface area contributed by atoms with Gasteiger partial charge in [0.2, 0.25) is 10.0 Å². The molecule has 1 aromatic carbocycles. The van der Waals surface area contributed by atoms with Gasteiger partial charge in [-0.15, -0.1) is 0 Å². The Balaban J connectivity index is 1.97. The van der Waals surface area contributed by atoms with Gasteiger partial charge in [-0.25, -0.2) is 18.1 Å². The Kier molecular flexibility index (Phi) is 3.58. The van der Waals surface area contributed by atoms with Crippen LogP contribution in [0.25, 0.3) is 0 Å². The summed E-state index contributed by atoms with van der Waals surface area (Å²) in [6, 6.07) is 6.02. The van der Waals surface area contributed by atoms with Crippen LogP contribution >= 0.6 is 0 Å². The largest absolute Gasteiger partial charge is 0.399 e. The highest BCUT2D eigenvalue weighted by Crippen LogP contribution is 2.11. The van der Waals surface area contributed by atoms with Gasteiger partial charge in [0.05, 0.1) is 4.90 Å². The first-order valence-corrected chi connectivity index (χ1v) is 6.76. The van der Waals surface area contributed by atoms with Crippen molar-refractivity contribution in [3.05, 3.63) is 36.4 Å². The van der Waals surface area contributed by atoms with Crippen LogP contribution in [0.4, 0.5) is 5.69 Å². The molecule has 0 atom stereocenters. The Morgan fingerprint density at radius 1 is 1.28 bits per heavy atom. The summed E-state index contributed by atoms with van der Waals surface area (Å²) < 4.78 is 26.2. The van der Waals surface area contributed by atoms with E-state index >= 15 is 0 Å². The molecule has 0 aliphatic carbocycles. The molecule has 0 radical (unpaired) electrons. The lowest BCUT2D eigenvalue weighted by atomic mass is 10.3. The van der Waals surface area contributed by atoms with Crippen molar-refractivity contribution < 1.29 is 8.42 Å². The molecule has 1 aromatic heterocycles. The van der Waals surface area contributed by atoms with Gasteiger partial charge in [0.1, 0.15) is 12.2 Å². The molecule has 2 rings (SSSR count). The normalized spacial score (nSPS) is 11.6. The molecule has 0 spiro atoms. The van der Waals surface area contributed by atoms with Crippen LogP contribution in [0, 0.1) is 0 Å². The minimum Gasteiger partial charge on any atom is -0.399 e. The van der Waals surface area contributed by atoms with Crippen LogP contribution in [-0.4, -0.2) is 30.1 Å². The number of hydrogen-bond acceptors (Lipinski definition) is 5. The lowest BCUT2D eigenvalue weighted by molar-refractivity contribution is 0.581. The van der Waals surface area contributed by atoms with Gasteiger partial charge in [-0.2, -0.15) is 5.10 Å². The van der Waals surface area contributed by atoms with Crippen molar-refractivity contribution in [2.24, 2.45) is 0 Å². The van der Waals surface area contributed by atoms with E-state index in [1.807, 2.05) is 0 Å². The average Bonchev–Trinajstić information content (AvgIpc) is 2.82. The average molecular weight is 267 g/mol. The molecule has 0 aliphatic rings. The summed E-state index contributed by atoms with van der Waals surface area (Å²) in [6.45, 7) is 0.252. The Bertz CT molecular complexity index is 592. The molecule has 0 unspecified atom stereocenters. The van der Waals surface area contributed by atoms with Crippen molar-refractivity contribution in [3.63, 3.8) is 0 Å². The minimum absolute atomic E-state index is 0.189. The van der Waals surface area contributed by atoms with E-state index in [0.29, 0.717) is 17.9 Å². The van der Waals surface area contributed by atoms with Crippen LogP contribution in [0.15, 0.2) is 35.5 Å². The third-order valence-corrected chi connectivity index (χ3v) is 3.79. The Labute approximate surface area is 104 Å². The third-order valence-electron chi connectivity index (χ3n) is 2.31. The summed E-state index contributed by atoms with van der Waals surface area (Å²) in [5, 5.41) is 6.34. The maximum atomic E-state index is 11.9. The van der Waals surface area contributed by atoms with Crippen molar-refractivity contribution in [3.8, 4) is 0 Å². The van der Waals surface area contributed by atoms with E-state index in [9.17, 15) is 8.42 Å². The summed E-state index contributed by atoms with van der Waals surface area (Å²) in [5.74, 6) is 0.634. The van der Waals surface area contributed by atoms with E-state index in [2.05, 4.69) is 19.9 Å². The quantitative estimate of drug-likeness (QED) is 0.655. The molecule has 1 heterocycles. The molecule has 4 N–H and O–H groups in total. The third kappa shape index (κ3) is 3.05. The highest BCUT2D eigenvalue weighted by atomic mass is 32.2. The van der Waals surface area contributed by atoms with Crippen molar-refractivity contribution in [1.82, 2.24) is 19.9 Å².